The predicted molar refractivity (Wildman–Crippen MR) is 279 cm³/mol. The van der Waals surface area contributed by atoms with Crippen molar-refractivity contribution in [2.24, 2.45) is 57.2 Å². The summed E-state index contributed by atoms with van der Waals surface area (Å²) in [5, 5.41) is 0. The Balaban J connectivity index is 1.16. The Morgan fingerprint density at radius 2 is 1.42 bits per heavy atom. The van der Waals surface area contributed by atoms with E-state index in [9.17, 15) is 0 Å². The van der Waals surface area contributed by atoms with E-state index in [0.29, 0.717) is 54.2 Å². The molecule has 10 rings (SSSR count). The third kappa shape index (κ3) is 8.26. The van der Waals surface area contributed by atoms with Gasteiger partial charge in [0, 0.05) is 40.3 Å². The minimum absolute atomic E-state index is 0.0870. The molecular formula is C62H85BN2. The zero-order valence-electron chi connectivity index (χ0n) is 42.5. The van der Waals surface area contributed by atoms with E-state index in [4.69, 9.17) is 0 Å². The van der Waals surface area contributed by atoms with Crippen LogP contribution in [-0.2, 0) is 0 Å². The lowest BCUT2D eigenvalue weighted by Crippen LogP contribution is -2.60. The van der Waals surface area contributed by atoms with Crippen molar-refractivity contribution in [3.05, 3.63) is 142 Å². The third-order valence-corrected chi connectivity index (χ3v) is 19.5. The van der Waals surface area contributed by atoms with Crippen molar-refractivity contribution in [2.45, 2.75) is 183 Å². The van der Waals surface area contributed by atoms with Crippen LogP contribution in [0.15, 0.2) is 142 Å². The Kier molecular flexibility index (Phi) is 12.0. The topological polar surface area (TPSA) is 6.48 Å². The van der Waals surface area contributed by atoms with Gasteiger partial charge in [0.05, 0.1) is 0 Å². The molecule has 346 valence electrons. The quantitative estimate of drug-likeness (QED) is 0.186. The lowest BCUT2D eigenvalue weighted by atomic mass is 9.24. The summed E-state index contributed by atoms with van der Waals surface area (Å²) in [4.78, 5) is 6.01. The Morgan fingerprint density at radius 3 is 2.08 bits per heavy atom. The highest BCUT2D eigenvalue weighted by Gasteiger charge is 2.58. The molecule has 10 aliphatic rings. The number of allylic oxidation sites excluding steroid dienone is 20. The molecule has 0 aromatic carbocycles. The summed E-state index contributed by atoms with van der Waals surface area (Å²) in [7, 11) is 0. The largest absolute Gasteiger partial charge is 0.339 e. The van der Waals surface area contributed by atoms with Crippen LogP contribution in [0.25, 0.3) is 0 Å². The highest BCUT2D eigenvalue weighted by atomic mass is 15.2. The van der Waals surface area contributed by atoms with Crippen LogP contribution >= 0.6 is 0 Å². The second kappa shape index (κ2) is 17.3. The molecule has 3 heteroatoms. The monoisotopic (exact) mass is 869 g/mol. The van der Waals surface area contributed by atoms with Crippen molar-refractivity contribution in [3.63, 3.8) is 0 Å². The minimum Gasteiger partial charge on any atom is -0.339 e. The van der Waals surface area contributed by atoms with E-state index in [2.05, 4.69) is 176 Å². The number of nitrogens with zero attached hydrogens (tertiary/aromatic N) is 2. The van der Waals surface area contributed by atoms with Gasteiger partial charge in [0.2, 0.25) is 6.71 Å². The van der Waals surface area contributed by atoms with E-state index in [1.54, 1.807) is 39.2 Å². The Morgan fingerprint density at radius 1 is 0.631 bits per heavy atom. The summed E-state index contributed by atoms with van der Waals surface area (Å²) in [6.45, 7) is 25.5. The van der Waals surface area contributed by atoms with Gasteiger partial charge in [-0.15, -0.1) is 0 Å². The fourth-order valence-corrected chi connectivity index (χ4v) is 14.9. The van der Waals surface area contributed by atoms with Crippen LogP contribution in [0.4, 0.5) is 0 Å². The maximum absolute atomic E-state index is 3.01. The van der Waals surface area contributed by atoms with Crippen LogP contribution in [0.2, 0.25) is 5.82 Å². The van der Waals surface area contributed by atoms with Crippen LogP contribution in [0.5, 0.6) is 0 Å². The number of rotatable bonds is 7. The lowest BCUT2D eigenvalue weighted by Gasteiger charge is -2.60. The van der Waals surface area contributed by atoms with Crippen LogP contribution < -0.4 is 0 Å². The maximum atomic E-state index is 3.01. The lowest BCUT2D eigenvalue weighted by molar-refractivity contribution is 0.149. The van der Waals surface area contributed by atoms with Crippen molar-refractivity contribution in [2.75, 3.05) is 0 Å². The second-order valence-electron chi connectivity index (χ2n) is 25.8. The number of hydrogen-bond acceptors (Lipinski definition) is 2. The van der Waals surface area contributed by atoms with Crippen molar-refractivity contribution in [1.82, 2.24) is 9.80 Å². The summed E-state index contributed by atoms with van der Waals surface area (Å²) < 4.78 is 0. The highest BCUT2D eigenvalue weighted by Crippen LogP contribution is 2.61. The molecule has 65 heavy (non-hydrogen) atoms. The van der Waals surface area contributed by atoms with E-state index < -0.39 is 0 Å². The molecule has 0 spiro atoms. The summed E-state index contributed by atoms with van der Waals surface area (Å²) in [6, 6.07) is 0.798. The molecule has 0 amide bonds. The molecule has 0 aromatic heterocycles. The zero-order valence-corrected chi connectivity index (χ0v) is 42.5. The molecule has 8 aliphatic carbocycles. The van der Waals surface area contributed by atoms with Crippen LogP contribution in [0.3, 0.4) is 0 Å². The van der Waals surface area contributed by atoms with E-state index in [1.807, 2.05) is 0 Å². The van der Waals surface area contributed by atoms with Gasteiger partial charge in [0.25, 0.3) is 0 Å². The smallest absolute Gasteiger partial charge is 0.217 e. The van der Waals surface area contributed by atoms with Crippen molar-refractivity contribution in [3.8, 4) is 0 Å². The summed E-state index contributed by atoms with van der Waals surface area (Å²) >= 11 is 0. The average Bonchev–Trinajstić information content (AvgIpc) is 3.31. The summed E-state index contributed by atoms with van der Waals surface area (Å²) in [5.41, 5.74) is 13.9. The van der Waals surface area contributed by atoms with Gasteiger partial charge in [-0.25, -0.2) is 0 Å². The molecule has 1 saturated heterocycles. The molecule has 8 atom stereocenters. The molecule has 1 saturated carbocycles. The van der Waals surface area contributed by atoms with E-state index >= 15 is 0 Å². The molecule has 0 aromatic rings. The standard InChI is InChI=1S/C62H85BN2/c1-59(2,3)44-26-32-50(33-27-44)64-54-36-30-48(60(4,5)6)40-52(54)63-53-41-49(62(9,10)46-24-18-13-19-25-46)31-37-55(53)65(57-39-43(38-56(64)58(57)63)42-20-14-11-15-21-42)51-34-28-47(29-35-51)61(7,8)45-22-16-12-17-23-45/h12-13,16,18-19,22,24,26,28,31-34,37,39-40,42-44,46,48-49,53-55H,11,14-15,17,20-21,23,25,27,29-30,35-36,38,41H2,1-10H3. The molecule has 0 bridgehead atoms. The van der Waals surface area contributed by atoms with Crippen LogP contribution in [0.1, 0.15) is 166 Å². The third-order valence-electron chi connectivity index (χ3n) is 19.5. The Hall–Kier alpha value is -3.46. The normalized spacial score (nSPS) is 33.1. The van der Waals surface area contributed by atoms with Crippen LogP contribution in [-0.4, -0.2) is 28.6 Å². The van der Waals surface area contributed by atoms with Crippen molar-refractivity contribution >= 4 is 6.71 Å². The molecule has 2 fully saturated rings. The predicted octanol–water partition coefficient (Wildman–Crippen LogP) is 16.6. The van der Waals surface area contributed by atoms with E-state index in [-0.39, 0.29) is 21.7 Å². The fraction of sp³-hybridized carbons (Fsp3) is 0.613. The fourth-order valence-electron chi connectivity index (χ4n) is 14.9. The zero-order chi connectivity index (χ0) is 45.5. The van der Waals surface area contributed by atoms with Gasteiger partial charge in [0.1, 0.15) is 0 Å². The van der Waals surface area contributed by atoms with Gasteiger partial charge in [0.15, 0.2) is 0 Å². The average molecular weight is 869 g/mol. The van der Waals surface area contributed by atoms with Gasteiger partial charge in [-0.3, -0.25) is 0 Å². The summed E-state index contributed by atoms with van der Waals surface area (Å²) in [6.07, 6.45) is 59.9. The first-order chi connectivity index (χ1) is 31.0. The minimum atomic E-state index is 0.0870. The first-order valence-electron chi connectivity index (χ1n) is 26.9. The van der Waals surface area contributed by atoms with Gasteiger partial charge in [-0.2, -0.15) is 0 Å². The molecule has 0 radical (unpaired) electrons. The molecule has 2 heterocycles. The summed E-state index contributed by atoms with van der Waals surface area (Å²) in [5.74, 6) is 4.15. The highest BCUT2D eigenvalue weighted by molar-refractivity contribution is 6.77. The number of fused-ring (bicyclic) bond motifs is 4. The van der Waals surface area contributed by atoms with Gasteiger partial charge < -0.3 is 9.80 Å². The van der Waals surface area contributed by atoms with E-state index in [1.165, 1.54) is 76.3 Å². The SMILES string of the molecule is CC(C)(C1=CC=CCC1)C1=CC=C(N2C3=CC(C4CCCCC4)CC4=C3B(C3=CC(C(C)(C)C)CCC3N4C3=CCC(C(C)(C)C)C=C3)C3CC(C(C)(C)C4C=CC=CC4)C=CC32)CC1. The van der Waals surface area contributed by atoms with Gasteiger partial charge in [-0.1, -0.05) is 190 Å². The molecule has 2 nitrogen and oxygen atoms in total. The number of hydrogen-bond donors (Lipinski definition) is 0. The first-order valence-corrected chi connectivity index (χ1v) is 26.9. The van der Waals surface area contributed by atoms with Gasteiger partial charge in [-0.05, 0) is 152 Å². The second-order valence-corrected chi connectivity index (χ2v) is 25.8. The van der Waals surface area contributed by atoms with E-state index in [0.717, 1.165) is 31.6 Å². The Bertz CT molecular complexity index is 2250. The van der Waals surface area contributed by atoms with Crippen LogP contribution in [0, 0.1) is 57.2 Å². The molecule has 0 N–H and O–H groups in total. The molecule has 8 unspecified atom stereocenters. The Labute approximate surface area is 397 Å². The first kappa shape index (κ1) is 45.3. The molecular weight excluding hydrogens is 784 g/mol. The van der Waals surface area contributed by atoms with Gasteiger partial charge >= 0.3 is 0 Å². The molecule has 2 aliphatic heterocycles. The maximum Gasteiger partial charge on any atom is 0.217 e. The van der Waals surface area contributed by atoms with Crippen molar-refractivity contribution < 1.29 is 0 Å². The van der Waals surface area contributed by atoms with Crippen molar-refractivity contribution in [1.29, 1.82) is 0 Å².